The Kier molecular flexibility index (Phi) is 35.5. The lowest BCUT2D eigenvalue weighted by Gasteiger charge is -2.18. The van der Waals surface area contributed by atoms with Gasteiger partial charge in [0.15, 0.2) is 0 Å². The van der Waals surface area contributed by atoms with Crippen LogP contribution in [0.3, 0.4) is 0 Å². The molecule has 0 saturated carbocycles. The van der Waals surface area contributed by atoms with Gasteiger partial charge in [-0.1, -0.05) is 134 Å². The smallest absolute Gasteiger partial charge is 0.326 e. The predicted molar refractivity (Wildman–Crippen MR) is 207 cm³/mol. The highest BCUT2D eigenvalue weighted by molar-refractivity contribution is 5.83. The number of carboxylic acid groups (broad SMARTS) is 1. The third-order valence-corrected chi connectivity index (χ3v) is 9.27. The van der Waals surface area contributed by atoms with Crippen LogP contribution >= 0.6 is 0 Å². The normalized spacial score (nSPS) is 12.9. The van der Waals surface area contributed by atoms with E-state index in [0.29, 0.717) is 32.2 Å². The number of carbonyl (C=O) groups is 3. The van der Waals surface area contributed by atoms with E-state index in [9.17, 15) is 19.5 Å². The summed E-state index contributed by atoms with van der Waals surface area (Å²) in [7, 11) is 0. The number of unbranched alkanes of at least 4 members (excludes halogenated alkanes) is 19. The summed E-state index contributed by atoms with van der Waals surface area (Å²) in [4.78, 5) is 36.2. The van der Waals surface area contributed by atoms with E-state index in [1.165, 1.54) is 89.9 Å². The van der Waals surface area contributed by atoms with Crippen molar-refractivity contribution in [2.45, 2.75) is 219 Å². The van der Waals surface area contributed by atoms with E-state index < -0.39 is 12.0 Å². The Morgan fingerprint density at radius 1 is 0.592 bits per heavy atom. The monoisotopic (exact) mass is 691 g/mol. The maximum atomic E-state index is 12.7. The molecule has 2 atom stereocenters. The lowest BCUT2D eigenvalue weighted by atomic mass is 10.0. The molecule has 0 aliphatic rings. The molecule has 0 aromatic heterocycles. The molecule has 0 bridgehead atoms. The van der Waals surface area contributed by atoms with E-state index in [1.807, 2.05) is 0 Å². The SMILES string of the molecule is CCCCC/C=C\C/C=C\CCCCCCCC(=O)OC(CCCCCCCCCC)CCCCCCCC(=O)NC(CCCN)C(=O)O. The molecule has 49 heavy (non-hydrogen) atoms. The number of nitrogens with one attached hydrogen (secondary N) is 1. The zero-order valence-corrected chi connectivity index (χ0v) is 32.0. The number of hydrogen-bond acceptors (Lipinski definition) is 5. The van der Waals surface area contributed by atoms with Crippen molar-refractivity contribution in [2.75, 3.05) is 6.54 Å². The second-order valence-corrected chi connectivity index (χ2v) is 14.1. The molecular formula is C42H78N2O5. The van der Waals surface area contributed by atoms with Crippen LogP contribution in [-0.2, 0) is 19.1 Å². The molecule has 0 aromatic carbocycles. The minimum absolute atomic E-state index is 0.0119. The van der Waals surface area contributed by atoms with E-state index in [4.69, 9.17) is 10.5 Å². The molecule has 0 aromatic rings. The van der Waals surface area contributed by atoms with Crippen molar-refractivity contribution in [1.29, 1.82) is 0 Å². The average molecular weight is 691 g/mol. The highest BCUT2D eigenvalue weighted by atomic mass is 16.5. The van der Waals surface area contributed by atoms with Crippen LogP contribution in [-0.4, -0.2) is 41.6 Å². The van der Waals surface area contributed by atoms with Gasteiger partial charge in [0.1, 0.15) is 12.1 Å². The van der Waals surface area contributed by atoms with Crippen LogP contribution in [0.5, 0.6) is 0 Å². The van der Waals surface area contributed by atoms with Crippen LogP contribution in [0.2, 0.25) is 0 Å². The highest BCUT2D eigenvalue weighted by Crippen LogP contribution is 2.19. The standard InChI is InChI=1S/C42H78N2O5/c1-3-5-7-9-11-13-14-15-16-17-18-19-21-26-30-36-41(46)49-38(32-27-23-20-12-10-8-6-4-2)33-28-24-22-25-29-35-40(45)44-39(42(47)48)34-31-37-43/h11,13,15-16,38-39H,3-10,12,14,17-37,43H2,1-2H3,(H,44,45)(H,47,48)/b13-11-,16-15-. The van der Waals surface area contributed by atoms with Gasteiger partial charge in [-0.15, -0.1) is 0 Å². The summed E-state index contributed by atoms with van der Waals surface area (Å²) in [5.41, 5.74) is 5.47. The molecule has 0 aliphatic heterocycles. The number of carbonyl (C=O) groups excluding carboxylic acids is 2. The van der Waals surface area contributed by atoms with E-state index in [2.05, 4.69) is 43.5 Å². The Balaban J connectivity index is 4.25. The number of amides is 1. The molecule has 0 heterocycles. The van der Waals surface area contributed by atoms with Crippen LogP contribution in [0, 0.1) is 0 Å². The number of nitrogens with two attached hydrogens (primary N) is 1. The third kappa shape index (κ3) is 34.1. The second-order valence-electron chi connectivity index (χ2n) is 14.1. The number of hydrogen-bond donors (Lipinski definition) is 3. The molecule has 7 nitrogen and oxygen atoms in total. The summed E-state index contributed by atoms with van der Waals surface area (Å²) in [6.45, 7) is 4.91. The van der Waals surface area contributed by atoms with Crippen molar-refractivity contribution in [3.8, 4) is 0 Å². The van der Waals surface area contributed by atoms with E-state index >= 15 is 0 Å². The lowest BCUT2D eigenvalue weighted by Crippen LogP contribution is -2.40. The average Bonchev–Trinajstić information content (AvgIpc) is 3.08. The first kappa shape index (κ1) is 46.9. The van der Waals surface area contributed by atoms with Gasteiger partial charge in [0.2, 0.25) is 5.91 Å². The number of rotatable bonds is 37. The van der Waals surface area contributed by atoms with Gasteiger partial charge < -0.3 is 20.9 Å². The summed E-state index contributed by atoms with van der Waals surface area (Å²) < 4.78 is 6.01. The highest BCUT2D eigenvalue weighted by Gasteiger charge is 2.19. The quantitative estimate of drug-likeness (QED) is 0.0339. The molecule has 0 spiro atoms. The summed E-state index contributed by atoms with van der Waals surface area (Å²) in [5, 5.41) is 11.9. The van der Waals surface area contributed by atoms with Gasteiger partial charge in [-0.25, -0.2) is 4.79 Å². The first-order valence-corrected chi connectivity index (χ1v) is 20.7. The summed E-state index contributed by atoms with van der Waals surface area (Å²) in [6, 6.07) is -0.855. The number of aliphatic carboxylic acids is 1. The van der Waals surface area contributed by atoms with Crippen molar-refractivity contribution < 1.29 is 24.2 Å². The van der Waals surface area contributed by atoms with Crippen molar-refractivity contribution >= 4 is 17.8 Å². The Morgan fingerprint density at radius 2 is 1.06 bits per heavy atom. The molecule has 0 saturated heterocycles. The summed E-state index contributed by atoms with van der Waals surface area (Å²) >= 11 is 0. The van der Waals surface area contributed by atoms with Gasteiger partial charge in [-0.05, 0) is 90.0 Å². The molecule has 0 fully saturated rings. The van der Waals surface area contributed by atoms with Crippen molar-refractivity contribution in [2.24, 2.45) is 5.73 Å². The molecule has 286 valence electrons. The minimum atomic E-state index is -1.00. The number of carboxylic acids is 1. The Morgan fingerprint density at radius 3 is 1.61 bits per heavy atom. The van der Waals surface area contributed by atoms with Crippen LogP contribution in [0.25, 0.3) is 0 Å². The lowest BCUT2D eigenvalue weighted by molar-refractivity contribution is -0.150. The molecular weight excluding hydrogens is 612 g/mol. The van der Waals surface area contributed by atoms with Crippen molar-refractivity contribution in [3.05, 3.63) is 24.3 Å². The van der Waals surface area contributed by atoms with Crippen LogP contribution in [0.1, 0.15) is 206 Å². The second kappa shape index (κ2) is 37.1. The van der Waals surface area contributed by atoms with Gasteiger partial charge in [0, 0.05) is 12.8 Å². The van der Waals surface area contributed by atoms with E-state index in [-0.39, 0.29) is 18.0 Å². The fourth-order valence-electron chi connectivity index (χ4n) is 6.13. The Labute approximate surface area is 302 Å². The van der Waals surface area contributed by atoms with Gasteiger partial charge in [-0.3, -0.25) is 9.59 Å². The van der Waals surface area contributed by atoms with E-state index in [0.717, 1.165) is 77.0 Å². The molecule has 0 rings (SSSR count). The number of esters is 1. The summed E-state index contributed by atoms with van der Waals surface area (Å²) in [6.07, 6.45) is 40.7. The van der Waals surface area contributed by atoms with E-state index in [1.54, 1.807) is 0 Å². The molecule has 0 aliphatic carbocycles. The van der Waals surface area contributed by atoms with Crippen LogP contribution < -0.4 is 11.1 Å². The molecule has 2 unspecified atom stereocenters. The fraction of sp³-hybridized carbons (Fsp3) is 0.833. The fourth-order valence-corrected chi connectivity index (χ4v) is 6.13. The minimum Gasteiger partial charge on any atom is -0.480 e. The van der Waals surface area contributed by atoms with Gasteiger partial charge in [0.05, 0.1) is 0 Å². The molecule has 4 N–H and O–H groups in total. The predicted octanol–water partition coefficient (Wildman–Crippen LogP) is 11.3. The Hall–Kier alpha value is -2.15. The third-order valence-electron chi connectivity index (χ3n) is 9.27. The maximum absolute atomic E-state index is 12.7. The van der Waals surface area contributed by atoms with Gasteiger partial charge in [0.25, 0.3) is 0 Å². The number of ether oxygens (including phenoxy) is 1. The zero-order valence-electron chi connectivity index (χ0n) is 32.0. The van der Waals surface area contributed by atoms with Gasteiger partial charge in [-0.2, -0.15) is 0 Å². The van der Waals surface area contributed by atoms with Crippen molar-refractivity contribution in [3.63, 3.8) is 0 Å². The van der Waals surface area contributed by atoms with Crippen molar-refractivity contribution in [1.82, 2.24) is 5.32 Å². The first-order chi connectivity index (χ1) is 23.9. The summed E-state index contributed by atoms with van der Waals surface area (Å²) in [5.74, 6) is -1.24. The molecule has 1 amide bonds. The zero-order chi connectivity index (χ0) is 36.0. The molecule has 0 radical (unpaired) electrons. The van der Waals surface area contributed by atoms with Crippen LogP contribution in [0.4, 0.5) is 0 Å². The molecule has 7 heteroatoms. The largest absolute Gasteiger partial charge is 0.480 e. The Bertz CT molecular complexity index is 828. The van der Waals surface area contributed by atoms with Gasteiger partial charge >= 0.3 is 11.9 Å². The maximum Gasteiger partial charge on any atom is 0.326 e. The topological polar surface area (TPSA) is 119 Å². The van der Waals surface area contributed by atoms with Crippen LogP contribution in [0.15, 0.2) is 24.3 Å². The number of allylic oxidation sites excluding steroid dienone is 4. The first-order valence-electron chi connectivity index (χ1n) is 20.7.